The summed E-state index contributed by atoms with van der Waals surface area (Å²) in [5.74, 6) is -0.173. The summed E-state index contributed by atoms with van der Waals surface area (Å²) in [5.41, 5.74) is 6.65. The van der Waals surface area contributed by atoms with Crippen molar-refractivity contribution in [3.63, 3.8) is 0 Å². The van der Waals surface area contributed by atoms with E-state index in [1.54, 1.807) is 0 Å². The first-order valence-electron chi connectivity index (χ1n) is 6.81. The summed E-state index contributed by atoms with van der Waals surface area (Å²) in [4.78, 5) is 0. The highest BCUT2D eigenvalue weighted by Gasteiger charge is 2.38. The molecular weight excluding hydrogens is 342 g/mol. The topological polar surface area (TPSA) is 80.4 Å². The Kier molecular flexibility index (Phi) is 5.23. The monoisotopic (exact) mass is 361 g/mol. The van der Waals surface area contributed by atoms with Crippen molar-refractivity contribution in [2.45, 2.75) is 36.5 Å². The van der Waals surface area contributed by atoms with Crippen molar-refractivity contribution in [1.82, 2.24) is 0 Å². The molecule has 1 saturated heterocycles. The first kappa shape index (κ1) is 15.9. The Balaban J connectivity index is 2.24. The molecule has 3 atom stereocenters. The summed E-state index contributed by atoms with van der Waals surface area (Å²) >= 11 is 3.36. The molecule has 0 aliphatic carbocycles. The van der Waals surface area contributed by atoms with Crippen LogP contribution >= 0.6 is 15.9 Å². The van der Waals surface area contributed by atoms with E-state index in [2.05, 4.69) is 15.9 Å². The van der Waals surface area contributed by atoms with Crippen LogP contribution in [0.4, 0.5) is 0 Å². The lowest BCUT2D eigenvalue weighted by molar-refractivity contribution is 0.133. The van der Waals surface area contributed by atoms with Crippen LogP contribution in [-0.2, 0) is 9.84 Å². The maximum Gasteiger partial charge on any atom is 0.155 e. The van der Waals surface area contributed by atoms with Gasteiger partial charge in [-0.1, -0.05) is 34.5 Å². The smallest absolute Gasteiger partial charge is 0.155 e. The zero-order chi connectivity index (χ0) is 14.8. The number of hydrogen-bond donors (Lipinski definition) is 2. The van der Waals surface area contributed by atoms with Crippen molar-refractivity contribution < 1.29 is 13.5 Å². The maximum atomic E-state index is 12.1. The van der Waals surface area contributed by atoms with E-state index >= 15 is 0 Å². The molecule has 1 aliphatic rings. The molecule has 0 spiro atoms. The lowest BCUT2D eigenvalue weighted by Gasteiger charge is -2.31. The summed E-state index contributed by atoms with van der Waals surface area (Å²) in [6.45, 7) is 0.231. The summed E-state index contributed by atoms with van der Waals surface area (Å²) in [6.07, 6.45) is 1.12. The number of nitrogens with two attached hydrogens (primary N) is 1. The number of halogens is 1. The second kappa shape index (κ2) is 6.56. The van der Waals surface area contributed by atoms with Gasteiger partial charge in [-0.3, -0.25) is 0 Å². The molecule has 6 heteroatoms. The summed E-state index contributed by atoms with van der Waals surface area (Å²) in [7, 11) is -3.21. The Labute approximate surface area is 128 Å². The largest absolute Gasteiger partial charge is 0.391 e. The average Bonchev–Trinajstić information content (AvgIpc) is 2.41. The van der Waals surface area contributed by atoms with Gasteiger partial charge in [0.15, 0.2) is 9.84 Å². The molecule has 20 heavy (non-hydrogen) atoms. The Hall–Kier alpha value is -0.430. The van der Waals surface area contributed by atoms with Crippen LogP contribution in [0.1, 0.15) is 30.7 Å². The normalized spacial score (nSPS) is 25.1. The van der Waals surface area contributed by atoms with Crippen molar-refractivity contribution in [2.75, 3.05) is 12.3 Å². The van der Waals surface area contributed by atoms with Gasteiger partial charge in [-0.25, -0.2) is 8.42 Å². The molecule has 0 bridgehead atoms. The fourth-order valence-corrected chi connectivity index (χ4v) is 5.12. The van der Waals surface area contributed by atoms with Crippen molar-refractivity contribution >= 4 is 25.8 Å². The molecule has 0 saturated carbocycles. The number of aliphatic hydroxyl groups is 1. The van der Waals surface area contributed by atoms with Crippen LogP contribution in [0.25, 0.3) is 0 Å². The lowest BCUT2D eigenvalue weighted by Crippen LogP contribution is -2.43. The Morgan fingerprint density at radius 2 is 1.95 bits per heavy atom. The third kappa shape index (κ3) is 3.42. The van der Waals surface area contributed by atoms with Crippen molar-refractivity contribution in [1.29, 1.82) is 0 Å². The SMILES string of the molecule is NCC(c1ccc(Br)cc1)C(O)C1CCCCS1(=O)=O. The first-order chi connectivity index (χ1) is 9.45. The standard InChI is InChI=1S/C14H20BrNO3S/c15-11-6-4-10(5-7-11)12(9-16)14(17)13-3-1-2-8-20(13,18)19/h4-7,12-14,17H,1-3,8-9,16H2. The van der Waals surface area contributed by atoms with Gasteiger partial charge >= 0.3 is 0 Å². The van der Waals surface area contributed by atoms with Crippen molar-refractivity contribution in [3.05, 3.63) is 34.3 Å². The molecule has 3 N–H and O–H groups in total. The van der Waals surface area contributed by atoms with Crippen LogP contribution in [0.3, 0.4) is 0 Å². The predicted octanol–water partition coefficient (Wildman–Crippen LogP) is 1.82. The zero-order valence-electron chi connectivity index (χ0n) is 11.2. The fraction of sp³-hybridized carbons (Fsp3) is 0.571. The highest BCUT2D eigenvalue weighted by molar-refractivity contribution is 9.10. The second-order valence-electron chi connectivity index (χ2n) is 5.29. The highest BCUT2D eigenvalue weighted by Crippen LogP contribution is 2.30. The van der Waals surface area contributed by atoms with Crippen LogP contribution in [-0.4, -0.2) is 37.2 Å². The highest BCUT2D eigenvalue weighted by atomic mass is 79.9. The number of hydrogen-bond acceptors (Lipinski definition) is 4. The second-order valence-corrected chi connectivity index (χ2v) is 8.54. The van der Waals surface area contributed by atoms with E-state index in [1.165, 1.54) is 0 Å². The van der Waals surface area contributed by atoms with E-state index < -0.39 is 21.2 Å². The third-order valence-corrected chi connectivity index (χ3v) is 6.80. The van der Waals surface area contributed by atoms with Crippen LogP contribution < -0.4 is 5.73 Å². The molecule has 3 unspecified atom stereocenters. The van der Waals surface area contributed by atoms with Gasteiger partial charge in [0.05, 0.1) is 17.1 Å². The minimum absolute atomic E-state index is 0.173. The van der Waals surface area contributed by atoms with Crippen LogP contribution in [0, 0.1) is 0 Å². The first-order valence-corrected chi connectivity index (χ1v) is 9.31. The zero-order valence-corrected chi connectivity index (χ0v) is 13.6. The minimum Gasteiger partial charge on any atom is -0.391 e. The van der Waals surface area contributed by atoms with Gasteiger partial charge in [-0.05, 0) is 30.5 Å². The molecule has 2 rings (SSSR count). The van der Waals surface area contributed by atoms with E-state index in [0.717, 1.165) is 16.5 Å². The molecule has 0 radical (unpaired) electrons. The Bertz CT molecular complexity index is 544. The lowest BCUT2D eigenvalue weighted by atomic mass is 9.90. The molecule has 4 nitrogen and oxygen atoms in total. The van der Waals surface area contributed by atoms with Gasteiger partial charge in [-0.2, -0.15) is 0 Å². The summed E-state index contributed by atoms with van der Waals surface area (Å²) < 4.78 is 25.2. The van der Waals surface area contributed by atoms with Gasteiger partial charge in [0.1, 0.15) is 0 Å². The van der Waals surface area contributed by atoms with Gasteiger partial charge in [0.2, 0.25) is 0 Å². The van der Waals surface area contributed by atoms with E-state index in [4.69, 9.17) is 5.73 Å². The maximum absolute atomic E-state index is 12.1. The molecule has 0 amide bonds. The number of aliphatic hydroxyl groups excluding tert-OH is 1. The van der Waals surface area contributed by atoms with Gasteiger partial charge in [0, 0.05) is 16.9 Å². The van der Waals surface area contributed by atoms with Crippen LogP contribution in [0.15, 0.2) is 28.7 Å². The van der Waals surface area contributed by atoms with Gasteiger partial charge < -0.3 is 10.8 Å². The van der Waals surface area contributed by atoms with Crippen molar-refractivity contribution in [3.8, 4) is 0 Å². The van der Waals surface area contributed by atoms with E-state index in [0.29, 0.717) is 12.8 Å². The molecule has 1 heterocycles. The fourth-order valence-electron chi connectivity index (χ4n) is 2.80. The molecule has 1 fully saturated rings. The van der Waals surface area contributed by atoms with Crippen LogP contribution in [0.2, 0.25) is 0 Å². The molecule has 1 aromatic rings. The summed E-state index contributed by atoms with van der Waals surface area (Å²) in [5, 5.41) is 9.83. The van der Waals surface area contributed by atoms with Crippen molar-refractivity contribution in [2.24, 2.45) is 5.73 Å². The number of benzene rings is 1. The number of sulfone groups is 1. The average molecular weight is 362 g/mol. The Morgan fingerprint density at radius 1 is 1.30 bits per heavy atom. The van der Waals surface area contributed by atoms with E-state index in [-0.39, 0.29) is 18.2 Å². The molecule has 0 aromatic heterocycles. The minimum atomic E-state index is -3.21. The molecule has 112 valence electrons. The van der Waals surface area contributed by atoms with E-state index in [9.17, 15) is 13.5 Å². The summed E-state index contributed by atoms with van der Waals surface area (Å²) in [6, 6.07) is 7.50. The number of rotatable bonds is 4. The van der Waals surface area contributed by atoms with E-state index in [1.807, 2.05) is 24.3 Å². The quantitative estimate of drug-likeness (QED) is 0.856. The molecule has 1 aliphatic heterocycles. The predicted molar refractivity (Wildman–Crippen MR) is 83.4 cm³/mol. The molecule has 1 aromatic carbocycles. The third-order valence-electron chi connectivity index (χ3n) is 3.97. The van der Waals surface area contributed by atoms with Gasteiger partial charge in [-0.15, -0.1) is 0 Å². The van der Waals surface area contributed by atoms with Crippen LogP contribution in [0.5, 0.6) is 0 Å². The Morgan fingerprint density at radius 3 is 2.50 bits per heavy atom. The van der Waals surface area contributed by atoms with Gasteiger partial charge in [0.25, 0.3) is 0 Å². The molecular formula is C14H20BrNO3S.